The third kappa shape index (κ3) is 3.11. The maximum Gasteiger partial charge on any atom is 0.292 e. The highest BCUT2D eigenvalue weighted by atomic mass is 16.6. The number of nitrogens with zero attached hydrogens (tertiary/aromatic N) is 1. The van der Waals surface area contributed by atoms with E-state index in [9.17, 15) is 14.9 Å². The molecule has 1 aliphatic heterocycles. The molecule has 2 rings (SSSR count). The molecule has 1 heterocycles. The van der Waals surface area contributed by atoms with Gasteiger partial charge in [0.2, 0.25) is 0 Å². The van der Waals surface area contributed by atoms with Crippen molar-refractivity contribution in [3.63, 3.8) is 0 Å². The van der Waals surface area contributed by atoms with Gasteiger partial charge in [-0.05, 0) is 6.07 Å². The van der Waals surface area contributed by atoms with Crippen LogP contribution in [0.4, 0.5) is 11.4 Å². The molecule has 0 bridgehead atoms. The van der Waals surface area contributed by atoms with Gasteiger partial charge in [-0.2, -0.15) is 0 Å². The summed E-state index contributed by atoms with van der Waals surface area (Å²) in [6.45, 7) is 1.22. The third-order valence-corrected chi connectivity index (χ3v) is 3.60. The first-order chi connectivity index (χ1) is 9.99. The zero-order valence-electron chi connectivity index (χ0n) is 11.6. The highest BCUT2D eigenvalue weighted by Crippen LogP contribution is 2.25. The number of para-hydroxylation sites is 1. The van der Waals surface area contributed by atoms with E-state index in [-0.39, 0.29) is 23.5 Å². The smallest absolute Gasteiger partial charge is 0.292 e. The predicted octanol–water partition coefficient (Wildman–Crippen LogP) is 0.712. The summed E-state index contributed by atoms with van der Waals surface area (Å²) in [6.07, 6.45) is 0.675. The summed E-state index contributed by atoms with van der Waals surface area (Å²) >= 11 is 0. The minimum Gasteiger partial charge on any atom is -0.393 e. The van der Waals surface area contributed by atoms with Crippen LogP contribution in [0.25, 0.3) is 0 Å². The summed E-state index contributed by atoms with van der Waals surface area (Å²) in [7, 11) is 1.56. The fraction of sp³-hybridized carbons (Fsp3) is 0.462. The standard InChI is InChI=1S/C13H17N3O5/c1-20-13(5-6-21-8-13)7-15-12(17)9-3-2-4-10(11(9)14)16(18)19/h2-4H,5-8,14H2,1H3,(H,15,17). The van der Waals surface area contributed by atoms with Gasteiger partial charge in [-0.3, -0.25) is 14.9 Å². The molecule has 3 N–H and O–H groups in total. The molecule has 0 radical (unpaired) electrons. The second-order valence-corrected chi connectivity index (χ2v) is 4.87. The van der Waals surface area contributed by atoms with Crippen molar-refractivity contribution in [3.8, 4) is 0 Å². The number of nitrogens with one attached hydrogen (secondary N) is 1. The molecule has 1 atom stereocenters. The van der Waals surface area contributed by atoms with Crippen LogP contribution in [0.2, 0.25) is 0 Å². The number of benzene rings is 1. The first-order valence-corrected chi connectivity index (χ1v) is 6.43. The van der Waals surface area contributed by atoms with Gasteiger partial charge in [0.05, 0.1) is 17.1 Å². The molecule has 1 saturated heterocycles. The van der Waals surface area contributed by atoms with Gasteiger partial charge in [0.25, 0.3) is 11.6 Å². The second kappa shape index (κ2) is 6.06. The maximum absolute atomic E-state index is 12.1. The monoisotopic (exact) mass is 295 g/mol. The Morgan fingerprint density at radius 3 is 2.95 bits per heavy atom. The molecule has 1 fully saturated rings. The number of nitrogens with two attached hydrogens (primary N) is 1. The van der Waals surface area contributed by atoms with E-state index in [1.165, 1.54) is 18.2 Å². The molecule has 0 aliphatic carbocycles. The molecule has 0 saturated carbocycles. The van der Waals surface area contributed by atoms with Crippen molar-refractivity contribution in [1.82, 2.24) is 5.32 Å². The van der Waals surface area contributed by atoms with Crippen molar-refractivity contribution < 1.29 is 19.2 Å². The quantitative estimate of drug-likeness (QED) is 0.469. The van der Waals surface area contributed by atoms with E-state index in [0.717, 1.165) is 0 Å². The largest absolute Gasteiger partial charge is 0.393 e. The van der Waals surface area contributed by atoms with E-state index in [1.807, 2.05) is 0 Å². The number of rotatable bonds is 5. The normalized spacial score (nSPS) is 21.2. The first kappa shape index (κ1) is 15.2. The Morgan fingerprint density at radius 1 is 1.62 bits per heavy atom. The Balaban J connectivity index is 2.10. The number of nitrogen functional groups attached to an aromatic ring is 1. The van der Waals surface area contributed by atoms with E-state index < -0.39 is 16.4 Å². The van der Waals surface area contributed by atoms with E-state index in [0.29, 0.717) is 19.6 Å². The lowest BCUT2D eigenvalue weighted by atomic mass is 10.0. The number of nitro groups is 1. The average Bonchev–Trinajstić information content (AvgIpc) is 2.94. The summed E-state index contributed by atoms with van der Waals surface area (Å²) in [6, 6.07) is 4.13. The zero-order chi connectivity index (χ0) is 15.5. The molecule has 1 unspecified atom stereocenters. The molecule has 0 spiro atoms. The van der Waals surface area contributed by atoms with Gasteiger partial charge in [0, 0.05) is 32.7 Å². The molecular formula is C13H17N3O5. The molecule has 8 nitrogen and oxygen atoms in total. The highest BCUT2D eigenvalue weighted by molar-refractivity contribution is 6.01. The first-order valence-electron chi connectivity index (χ1n) is 6.43. The summed E-state index contributed by atoms with van der Waals surface area (Å²) in [5.74, 6) is -0.473. The van der Waals surface area contributed by atoms with Gasteiger partial charge in [0.15, 0.2) is 0 Å². The molecule has 1 amide bonds. The second-order valence-electron chi connectivity index (χ2n) is 4.87. The van der Waals surface area contributed by atoms with Crippen LogP contribution in [0, 0.1) is 10.1 Å². The fourth-order valence-electron chi connectivity index (χ4n) is 2.21. The lowest BCUT2D eigenvalue weighted by Gasteiger charge is -2.25. The number of hydrogen-bond acceptors (Lipinski definition) is 6. The average molecular weight is 295 g/mol. The zero-order valence-corrected chi connectivity index (χ0v) is 11.6. The number of ether oxygens (including phenoxy) is 2. The van der Waals surface area contributed by atoms with Crippen molar-refractivity contribution in [1.29, 1.82) is 0 Å². The SMILES string of the molecule is COC1(CNC(=O)c2cccc([N+](=O)[O-])c2N)CCOC1. The lowest BCUT2D eigenvalue weighted by Crippen LogP contribution is -2.45. The maximum atomic E-state index is 12.1. The Labute approximate surface area is 121 Å². The van der Waals surface area contributed by atoms with Crippen LogP contribution in [-0.2, 0) is 9.47 Å². The number of anilines is 1. The van der Waals surface area contributed by atoms with E-state index in [1.54, 1.807) is 7.11 Å². The Bertz CT molecular complexity index is 555. The lowest BCUT2D eigenvalue weighted by molar-refractivity contribution is -0.383. The summed E-state index contributed by atoms with van der Waals surface area (Å²) in [4.78, 5) is 22.3. The van der Waals surface area contributed by atoms with Gasteiger partial charge in [0.1, 0.15) is 11.3 Å². The number of nitro benzene ring substituents is 1. The van der Waals surface area contributed by atoms with Crippen molar-refractivity contribution in [2.45, 2.75) is 12.0 Å². The minimum absolute atomic E-state index is 0.0781. The summed E-state index contributed by atoms with van der Waals surface area (Å²) in [5, 5.41) is 13.5. The molecule has 21 heavy (non-hydrogen) atoms. The molecule has 1 aromatic carbocycles. The van der Waals surface area contributed by atoms with E-state index >= 15 is 0 Å². The molecule has 1 aliphatic rings. The molecule has 114 valence electrons. The molecule has 0 aromatic heterocycles. The number of carbonyl (C=O) groups excluding carboxylic acids is 1. The van der Waals surface area contributed by atoms with Crippen LogP contribution in [-0.4, -0.2) is 43.3 Å². The van der Waals surface area contributed by atoms with Crippen LogP contribution in [0.1, 0.15) is 16.8 Å². The topological polar surface area (TPSA) is 117 Å². The number of carbonyl (C=O) groups is 1. The Kier molecular flexibility index (Phi) is 4.39. The van der Waals surface area contributed by atoms with Gasteiger partial charge in [-0.1, -0.05) is 6.07 Å². The number of hydrogen-bond donors (Lipinski definition) is 2. The van der Waals surface area contributed by atoms with Crippen molar-refractivity contribution in [2.24, 2.45) is 0 Å². The van der Waals surface area contributed by atoms with Crippen LogP contribution in [0.15, 0.2) is 18.2 Å². The highest BCUT2D eigenvalue weighted by Gasteiger charge is 2.35. The van der Waals surface area contributed by atoms with Gasteiger partial charge in [-0.15, -0.1) is 0 Å². The number of methoxy groups -OCH3 is 1. The molecule has 1 aromatic rings. The van der Waals surface area contributed by atoms with Gasteiger partial charge < -0.3 is 20.5 Å². The Morgan fingerprint density at radius 2 is 2.38 bits per heavy atom. The van der Waals surface area contributed by atoms with Crippen molar-refractivity contribution in [3.05, 3.63) is 33.9 Å². The van der Waals surface area contributed by atoms with Crippen LogP contribution in [0.3, 0.4) is 0 Å². The van der Waals surface area contributed by atoms with E-state index in [4.69, 9.17) is 15.2 Å². The minimum atomic E-state index is -0.617. The summed E-state index contributed by atoms with van der Waals surface area (Å²) in [5.41, 5.74) is 4.78. The van der Waals surface area contributed by atoms with Gasteiger partial charge in [-0.25, -0.2) is 0 Å². The van der Waals surface area contributed by atoms with Crippen LogP contribution in [0.5, 0.6) is 0 Å². The summed E-state index contributed by atoms with van der Waals surface area (Å²) < 4.78 is 10.7. The van der Waals surface area contributed by atoms with Gasteiger partial charge >= 0.3 is 0 Å². The molecule has 8 heteroatoms. The third-order valence-electron chi connectivity index (χ3n) is 3.60. The molecular weight excluding hydrogens is 278 g/mol. The van der Waals surface area contributed by atoms with Crippen molar-refractivity contribution >= 4 is 17.3 Å². The fourth-order valence-corrected chi connectivity index (χ4v) is 2.21. The van der Waals surface area contributed by atoms with Crippen LogP contribution >= 0.6 is 0 Å². The number of amides is 1. The predicted molar refractivity (Wildman–Crippen MR) is 75.0 cm³/mol. The Hall–Kier alpha value is -2.19. The van der Waals surface area contributed by atoms with Crippen molar-refractivity contribution in [2.75, 3.05) is 32.6 Å². The van der Waals surface area contributed by atoms with E-state index in [2.05, 4.69) is 5.32 Å². The van der Waals surface area contributed by atoms with Crippen LogP contribution < -0.4 is 11.1 Å².